The summed E-state index contributed by atoms with van der Waals surface area (Å²) in [4.78, 5) is 10.9. The van der Waals surface area contributed by atoms with E-state index in [2.05, 4.69) is 5.32 Å². The van der Waals surface area contributed by atoms with Crippen LogP contribution >= 0.6 is 0 Å². The first-order valence-electron chi connectivity index (χ1n) is 7.35. The van der Waals surface area contributed by atoms with Gasteiger partial charge < -0.3 is 5.32 Å². The molecule has 0 heterocycles. The molecule has 0 aliphatic heterocycles. The first-order chi connectivity index (χ1) is 11.3. The number of nitrogens with zero attached hydrogens (tertiary/aromatic N) is 1. The van der Waals surface area contributed by atoms with Gasteiger partial charge >= 0.3 is 0 Å². The Kier molecular flexibility index (Phi) is 4.34. The van der Waals surface area contributed by atoms with E-state index < -0.39 is 0 Å². The van der Waals surface area contributed by atoms with Crippen molar-refractivity contribution in [2.75, 3.05) is 5.32 Å². The molecule has 0 spiro atoms. The fourth-order valence-electron chi connectivity index (χ4n) is 2.56. The molecule has 0 atom stereocenters. The van der Waals surface area contributed by atoms with Gasteiger partial charge in [-0.2, -0.15) is 0 Å². The van der Waals surface area contributed by atoms with Gasteiger partial charge in [0, 0.05) is 6.07 Å². The number of benzene rings is 3. The molecule has 1 N–H and O–H groups in total. The highest BCUT2D eigenvalue weighted by Gasteiger charge is 2.19. The molecule has 0 aliphatic carbocycles. The minimum Gasteiger partial charge on any atom is -0.369 e. The average Bonchev–Trinajstić information content (AvgIpc) is 2.61. The molecule has 23 heavy (non-hydrogen) atoms. The molecule has 0 amide bonds. The molecule has 0 radical (unpaired) electrons. The number of para-hydroxylation sites is 2. The molecule has 0 unspecified atom stereocenters. The van der Waals surface area contributed by atoms with Crippen LogP contribution in [-0.2, 0) is 0 Å². The SMILES string of the molecule is O=[N+]([O-])c1ccccc1NC(c1ccccc1)c1ccccc1. The van der Waals surface area contributed by atoms with Crippen molar-refractivity contribution >= 4 is 11.4 Å². The minimum atomic E-state index is -0.366. The minimum absolute atomic E-state index is 0.0735. The van der Waals surface area contributed by atoms with Crippen LogP contribution in [0.15, 0.2) is 84.9 Å². The Morgan fingerprint density at radius 2 is 1.22 bits per heavy atom. The standard InChI is InChI=1S/C19H16N2O2/c22-21(23)18-14-8-7-13-17(18)20-19(15-9-3-1-4-10-15)16-11-5-2-6-12-16/h1-14,19-20H. The summed E-state index contributed by atoms with van der Waals surface area (Å²) < 4.78 is 0. The van der Waals surface area contributed by atoms with Gasteiger partial charge in [-0.1, -0.05) is 72.8 Å². The summed E-state index contributed by atoms with van der Waals surface area (Å²) in [5.41, 5.74) is 2.69. The third-order valence-corrected chi connectivity index (χ3v) is 3.67. The van der Waals surface area contributed by atoms with Crippen LogP contribution in [0.4, 0.5) is 11.4 Å². The van der Waals surface area contributed by atoms with E-state index >= 15 is 0 Å². The van der Waals surface area contributed by atoms with E-state index in [0.29, 0.717) is 5.69 Å². The average molecular weight is 304 g/mol. The van der Waals surface area contributed by atoms with Crippen LogP contribution in [0, 0.1) is 10.1 Å². The summed E-state index contributed by atoms with van der Waals surface area (Å²) in [5.74, 6) is 0. The Bertz CT molecular complexity index is 749. The van der Waals surface area contributed by atoms with Crippen molar-refractivity contribution in [3.8, 4) is 0 Å². The van der Waals surface area contributed by atoms with Gasteiger partial charge in [-0.3, -0.25) is 10.1 Å². The number of hydrogen-bond acceptors (Lipinski definition) is 3. The number of anilines is 1. The van der Waals surface area contributed by atoms with Crippen LogP contribution in [0.25, 0.3) is 0 Å². The Morgan fingerprint density at radius 1 is 0.739 bits per heavy atom. The molecule has 0 saturated carbocycles. The molecule has 0 bridgehead atoms. The molecule has 4 heteroatoms. The summed E-state index contributed by atoms with van der Waals surface area (Å²) in [5, 5.41) is 14.6. The van der Waals surface area contributed by atoms with Crippen LogP contribution in [0.5, 0.6) is 0 Å². The van der Waals surface area contributed by atoms with E-state index in [0.717, 1.165) is 11.1 Å². The van der Waals surface area contributed by atoms with Gasteiger partial charge in [0.25, 0.3) is 5.69 Å². The van der Waals surface area contributed by atoms with Crippen LogP contribution < -0.4 is 5.32 Å². The molecule has 0 aromatic heterocycles. The van der Waals surface area contributed by atoms with Crippen LogP contribution in [-0.4, -0.2) is 4.92 Å². The summed E-state index contributed by atoms with van der Waals surface area (Å²) >= 11 is 0. The van der Waals surface area contributed by atoms with E-state index in [4.69, 9.17) is 0 Å². The number of hydrogen-bond donors (Lipinski definition) is 1. The van der Waals surface area contributed by atoms with Gasteiger partial charge in [0.15, 0.2) is 0 Å². The van der Waals surface area contributed by atoms with E-state index in [-0.39, 0.29) is 16.7 Å². The largest absolute Gasteiger partial charge is 0.369 e. The second-order valence-corrected chi connectivity index (χ2v) is 5.17. The Hall–Kier alpha value is -3.14. The molecule has 0 saturated heterocycles. The van der Waals surface area contributed by atoms with Gasteiger partial charge in [-0.05, 0) is 17.2 Å². The number of rotatable bonds is 5. The lowest BCUT2D eigenvalue weighted by Gasteiger charge is -2.21. The van der Waals surface area contributed by atoms with Crippen molar-refractivity contribution < 1.29 is 4.92 Å². The monoisotopic (exact) mass is 304 g/mol. The first-order valence-corrected chi connectivity index (χ1v) is 7.35. The molecule has 0 aliphatic rings. The molecular weight excluding hydrogens is 288 g/mol. The maximum atomic E-state index is 11.2. The van der Waals surface area contributed by atoms with Crippen molar-refractivity contribution in [3.05, 3.63) is 106 Å². The zero-order chi connectivity index (χ0) is 16.1. The Labute approximate surface area is 134 Å². The lowest BCUT2D eigenvalue weighted by molar-refractivity contribution is -0.384. The summed E-state index contributed by atoms with van der Waals surface area (Å²) in [6, 6.07) is 26.4. The van der Waals surface area contributed by atoms with Crippen molar-refractivity contribution in [1.82, 2.24) is 0 Å². The van der Waals surface area contributed by atoms with Gasteiger partial charge in [0.2, 0.25) is 0 Å². The zero-order valence-corrected chi connectivity index (χ0v) is 12.4. The zero-order valence-electron chi connectivity index (χ0n) is 12.4. The fraction of sp³-hybridized carbons (Fsp3) is 0.0526. The molecular formula is C19H16N2O2. The number of nitro groups is 1. The van der Waals surface area contributed by atoms with E-state index in [1.807, 2.05) is 60.7 Å². The predicted octanol–water partition coefficient (Wildman–Crippen LogP) is 4.80. The molecule has 4 nitrogen and oxygen atoms in total. The maximum absolute atomic E-state index is 11.2. The molecule has 3 rings (SSSR count). The summed E-state index contributed by atoms with van der Waals surface area (Å²) in [6.07, 6.45) is 0. The van der Waals surface area contributed by atoms with Gasteiger partial charge in [-0.15, -0.1) is 0 Å². The molecule has 0 fully saturated rings. The van der Waals surface area contributed by atoms with Gasteiger partial charge in [0.1, 0.15) is 5.69 Å². The predicted molar refractivity (Wildman–Crippen MR) is 91.4 cm³/mol. The van der Waals surface area contributed by atoms with Crippen molar-refractivity contribution in [3.63, 3.8) is 0 Å². The van der Waals surface area contributed by atoms with Crippen molar-refractivity contribution in [1.29, 1.82) is 0 Å². The van der Waals surface area contributed by atoms with E-state index in [1.165, 1.54) is 6.07 Å². The first kappa shape index (κ1) is 14.8. The maximum Gasteiger partial charge on any atom is 0.292 e. The molecule has 3 aromatic rings. The topological polar surface area (TPSA) is 55.2 Å². The van der Waals surface area contributed by atoms with E-state index in [9.17, 15) is 10.1 Å². The molecule has 3 aromatic carbocycles. The Morgan fingerprint density at radius 3 is 1.74 bits per heavy atom. The number of nitrogens with one attached hydrogen (secondary N) is 1. The second-order valence-electron chi connectivity index (χ2n) is 5.17. The fourth-order valence-corrected chi connectivity index (χ4v) is 2.56. The third-order valence-electron chi connectivity index (χ3n) is 3.67. The highest BCUT2D eigenvalue weighted by atomic mass is 16.6. The second kappa shape index (κ2) is 6.75. The lowest BCUT2D eigenvalue weighted by Crippen LogP contribution is -2.13. The smallest absolute Gasteiger partial charge is 0.292 e. The summed E-state index contributed by atoms with van der Waals surface area (Å²) in [6.45, 7) is 0. The highest BCUT2D eigenvalue weighted by Crippen LogP contribution is 2.31. The highest BCUT2D eigenvalue weighted by molar-refractivity contribution is 5.63. The van der Waals surface area contributed by atoms with E-state index in [1.54, 1.807) is 18.2 Å². The van der Waals surface area contributed by atoms with Gasteiger partial charge in [-0.25, -0.2) is 0 Å². The van der Waals surface area contributed by atoms with Crippen LogP contribution in [0.2, 0.25) is 0 Å². The van der Waals surface area contributed by atoms with Crippen LogP contribution in [0.3, 0.4) is 0 Å². The quantitative estimate of drug-likeness (QED) is 0.544. The van der Waals surface area contributed by atoms with Crippen molar-refractivity contribution in [2.24, 2.45) is 0 Å². The summed E-state index contributed by atoms with van der Waals surface area (Å²) in [7, 11) is 0. The lowest BCUT2D eigenvalue weighted by atomic mass is 9.98. The van der Waals surface area contributed by atoms with Crippen LogP contribution in [0.1, 0.15) is 17.2 Å². The number of nitro benzene ring substituents is 1. The Balaban J connectivity index is 2.02. The normalized spacial score (nSPS) is 10.5. The van der Waals surface area contributed by atoms with Crippen molar-refractivity contribution in [2.45, 2.75) is 6.04 Å². The molecule has 114 valence electrons. The van der Waals surface area contributed by atoms with Gasteiger partial charge in [0.05, 0.1) is 11.0 Å². The third kappa shape index (κ3) is 3.37.